The van der Waals surface area contributed by atoms with Gasteiger partial charge in [0, 0.05) is 25.2 Å². The van der Waals surface area contributed by atoms with Crippen LogP contribution in [-0.2, 0) is 11.3 Å². The molecule has 1 heterocycles. The molecule has 1 aromatic carbocycles. The minimum Gasteiger partial charge on any atom is -0.444 e. The van der Waals surface area contributed by atoms with Crippen molar-refractivity contribution in [3.05, 3.63) is 41.8 Å². The van der Waals surface area contributed by atoms with E-state index in [9.17, 15) is 4.79 Å². The standard InChI is InChI=1S/C20H29N5O2.HI/c1-14-7-9-15(10-8-14)18-23-16(13-27-18)11-22-19(21-5)25(6)12-17(26)24-20(2,3)4;/h7-10,13H,11-12H2,1-6H3,(H,21,22)(H,24,26);1H. The minimum atomic E-state index is -0.262. The van der Waals surface area contributed by atoms with Gasteiger partial charge in [-0.05, 0) is 39.8 Å². The van der Waals surface area contributed by atoms with Crippen molar-refractivity contribution in [1.29, 1.82) is 0 Å². The van der Waals surface area contributed by atoms with Gasteiger partial charge >= 0.3 is 0 Å². The third-order valence-electron chi connectivity index (χ3n) is 3.75. The fourth-order valence-corrected chi connectivity index (χ4v) is 2.52. The molecule has 0 bridgehead atoms. The van der Waals surface area contributed by atoms with E-state index in [1.807, 2.05) is 59.0 Å². The molecule has 2 rings (SSSR count). The lowest BCUT2D eigenvalue weighted by molar-refractivity contribution is -0.122. The third kappa shape index (κ3) is 7.49. The van der Waals surface area contributed by atoms with Gasteiger partial charge in [-0.15, -0.1) is 24.0 Å². The van der Waals surface area contributed by atoms with Crippen LogP contribution in [0.25, 0.3) is 11.5 Å². The molecular formula is C20H30IN5O2. The van der Waals surface area contributed by atoms with E-state index in [1.54, 1.807) is 18.2 Å². The topological polar surface area (TPSA) is 82.8 Å². The second-order valence-corrected chi connectivity index (χ2v) is 7.57. The lowest BCUT2D eigenvalue weighted by atomic mass is 10.1. The van der Waals surface area contributed by atoms with Gasteiger partial charge in [-0.1, -0.05) is 17.7 Å². The van der Waals surface area contributed by atoms with Crippen molar-refractivity contribution in [2.75, 3.05) is 20.6 Å². The highest BCUT2D eigenvalue weighted by molar-refractivity contribution is 14.0. The molecule has 0 fully saturated rings. The van der Waals surface area contributed by atoms with E-state index in [4.69, 9.17) is 4.42 Å². The van der Waals surface area contributed by atoms with E-state index < -0.39 is 0 Å². The SMILES string of the molecule is CN=C(NCc1coc(-c2ccc(C)cc2)n1)N(C)CC(=O)NC(C)(C)C.I. The first-order valence-corrected chi connectivity index (χ1v) is 8.92. The van der Waals surface area contributed by atoms with Gasteiger partial charge in [-0.2, -0.15) is 0 Å². The fraction of sp³-hybridized carbons (Fsp3) is 0.450. The van der Waals surface area contributed by atoms with Gasteiger partial charge in [0.1, 0.15) is 6.26 Å². The monoisotopic (exact) mass is 499 g/mol. The van der Waals surface area contributed by atoms with Gasteiger partial charge < -0.3 is 20.0 Å². The van der Waals surface area contributed by atoms with E-state index in [0.29, 0.717) is 18.4 Å². The van der Waals surface area contributed by atoms with E-state index in [0.717, 1.165) is 11.3 Å². The quantitative estimate of drug-likeness (QED) is 0.375. The number of aryl methyl sites for hydroxylation is 1. The summed E-state index contributed by atoms with van der Waals surface area (Å²) in [6.45, 7) is 8.56. The molecule has 0 saturated carbocycles. The summed E-state index contributed by atoms with van der Waals surface area (Å²) in [4.78, 5) is 22.6. The first kappa shape index (κ1) is 23.9. The smallest absolute Gasteiger partial charge is 0.240 e. The number of nitrogens with one attached hydrogen (secondary N) is 2. The summed E-state index contributed by atoms with van der Waals surface area (Å²) >= 11 is 0. The van der Waals surface area contributed by atoms with Crippen molar-refractivity contribution in [1.82, 2.24) is 20.5 Å². The largest absolute Gasteiger partial charge is 0.444 e. The van der Waals surface area contributed by atoms with Gasteiger partial charge in [-0.3, -0.25) is 9.79 Å². The summed E-state index contributed by atoms with van der Waals surface area (Å²) in [5.74, 6) is 1.13. The van der Waals surface area contributed by atoms with Crippen molar-refractivity contribution in [3.8, 4) is 11.5 Å². The maximum Gasteiger partial charge on any atom is 0.240 e. The highest BCUT2D eigenvalue weighted by atomic mass is 127. The molecule has 154 valence electrons. The van der Waals surface area contributed by atoms with Crippen molar-refractivity contribution in [2.45, 2.75) is 39.8 Å². The van der Waals surface area contributed by atoms with Crippen LogP contribution in [0.3, 0.4) is 0 Å². The summed E-state index contributed by atoms with van der Waals surface area (Å²) in [5, 5.41) is 6.14. The number of hydrogen-bond acceptors (Lipinski definition) is 4. The zero-order chi connectivity index (χ0) is 20.0. The number of halogens is 1. The Hall–Kier alpha value is -2.10. The molecule has 1 aromatic heterocycles. The van der Waals surface area contributed by atoms with Crippen LogP contribution in [0.5, 0.6) is 0 Å². The van der Waals surface area contributed by atoms with Crippen LogP contribution >= 0.6 is 24.0 Å². The predicted molar refractivity (Wildman–Crippen MR) is 123 cm³/mol. The molecule has 0 unspecified atom stereocenters. The van der Waals surface area contributed by atoms with Gasteiger partial charge in [0.05, 0.1) is 18.8 Å². The average molecular weight is 499 g/mol. The zero-order valence-electron chi connectivity index (χ0n) is 17.4. The molecule has 0 saturated heterocycles. The number of aromatic nitrogens is 1. The number of carbonyl (C=O) groups excluding carboxylic acids is 1. The Balaban J connectivity index is 0.00000392. The lowest BCUT2D eigenvalue weighted by Gasteiger charge is -2.25. The lowest BCUT2D eigenvalue weighted by Crippen LogP contribution is -2.48. The maximum atomic E-state index is 12.1. The number of amides is 1. The molecule has 2 N–H and O–H groups in total. The molecule has 0 aliphatic carbocycles. The Bertz CT molecular complexity index is 794. The molecule has 8 heteroatoms. The Labute approximate surface area is 184 Å². The maximum absolute atomic E-state index is 12.1. The Morgan fingerprint density at radius 1 is 1.25 bits per heavy atom. The molecule has 2 aromatic rings. The molecule has 0 atom stereocenters. The van der Waals surface area contributed by atoms with Gasteiger partial charge in [0.15, 0.2) is 5.96 Å². The van der Waals surface area contributed by atoms with Crippen molar-refractivity contribution in [3.63, 3.8) is 0 Å². The van der Waals surface area contributed by atoms with E-state index in [2.05, 4.69) is 20.6 Å². The first-order chi connectivity index (χ1) is 12.7. The van der Waals surface area contributed by atoms with Crippen LogP contribution in [0.15, 0.2) is 39.9 Å². The number of carbonyl (C=O) groups is 1. The fourth-order valence-electron chi connectivity index (χ4n) is 2.52. The summed E-state index contributed by atoms with van der Waals surface area (Å²) in [6.07, 6.45) is 1.63. The van der Waals surface area contributed by atoms with E-state index >= 15 is 0 Å². The number of guanidine groups is 1. The number of benzene rings is 1. The van der Waals surface area contributed by atoms with Crippen LogP contribution in [0, 0.1) is 6.92 Å². The van der Waals surface area contributed by atoms with Crippen molar-refractivity contribution < 1.29 is 9.21 Å². The van der Waals surface area contributed by atoms with Gasteiger partial charge in [0.2, 0.25) is 11.8 Å². The summed E-state index contributed by atoms with van der Waals surface area (Å²) < 4.78 is 5.57. The summed E-state index contributed by atoms with van der Waals surface area (Å²) in [5.41, 5.74) is 2.63. The van der Waals surface area contributed by atoms with Crippen LogP contribution < -0.4 is 10.6 Å². The molecule has 0 radical (unpaired) electrons. The molecule has 1 amide bonds. The molecule has 0 aliphatic heterocycles. The Morgan fingerprint density at radius 2 is 1.89 bits per heavy atom. The van der Waals surface area contributed by atoms with Gasteiger partial charge in [0.25, 0.3) is 0 Å². The number of nitrogens with zero attached hydrogens (tertiary/aromatic N) is 3. The minimum absolute atomic E-state index is 0. The average Bonchev–Trinajstić information content (AvgIpc) is 3.03. The normalized spacial score (nSPS) is 11.6. The Kier molecular flexibility index (Phi) is 8.93. The highest BCUT2D eigenvalue weighted by Gasteiger charge is 2.17. The number of oxazole rings is 1. The summed E-state index contributed by atoms with van der Waals surface area (Å²) in [6, 6.07) is 8.02. The number of rotatable bonds is 5. The van der Waals surface area contributed by atoms with Crippen molar-refractivity contribution in [2.24, 2.45) is 4.99 Å². The van der Waals surface area contributed by atoms with E-state index in [1.165, 1.54) is 5.56 Å². The second kappa shape index (κ2) is 10.4. The number of aliphatic imine (C=N–C) groups is 1. The molecule has 28 heavy (non-hydrogen) atoms. The predicted octanol–water partition coefficient (Wildman–Crippen LogP) is 3.19. The zero-order valence-corrected chi connectivity index (χ0v) is 19.7. The van der Waals surface area contributed by atoms with Crippen LogP contribution in [-0.4, -0.2) is 47.9 Å². The molecule has 0 spiro atoms. The van der Waals surface area contributed by atoms with E-state index in [-0.39, 0.29) is 42.0 Å². The highest BCUT2D eigenvalue weighted by Crippen LogP contribution is 2.19. The molecular weight excluding hydrogens is 469 g/mol. The van der Waals surface area contributed by atoms with Crippen LogP contribution in [0.2, 0.25) is 0 Å². The number of likely N-dealkylation sites (N-methyl/N-ethyl adjacent to an activating group) is 1. The third-order valence-corrected chi connectivity index (χ3v) is 3.75. The van der Waals surface area contributed by atoms with Crippen LogP contribution in [0.1, 0.15) is 32.0 Å². The van der Waals surface area contributed by atoms with Gasteiger partial charge in [-0.25, -0.2) is 4.98 Å². The van der Waals surface area contributed by atoms with Crippen molar-refractivity contribution >= 4 is 35.8 Å². The number of hydrogen-bond donors (Lipinski definition) is 2. The molecule has 7 nitrogen and oxygen atoms in total. The first-order valence-electron chi connectivity index (χ1n) is 8.92. The second-order valence-electron chi connectivity index (χ2n) is 7.57. The summed E-state index contributed by atoms with van der Waals surface area (Å²) in [7, 11) is 3.50. The molecule has 0 aliphatic rings. The van der Waals surface area contributed by atoms with Crippen LogP contribution in [0.4, 0.5) is 0 Å². The Morgan fingerprint density at radius 3 is 2.46 bits per heavy atom.